The maximum Gasteiger partial charge on any atom is 0.307 e. The summed E-state index contributed by atoms with van der Waals surface area (Å²) in [5.74, 6) is -1.29. The van der Waals surface area contributed by atoms with Crippen molar-refractivity contribution in [1.82, 2.24) is 5.32 Å². The second-order valence-corrected chi connectivity index (χ2v) is 6.91. The average Bonchev–Trinajstić information content (AvgIpc) is 2.83. The van der Waals surface area contributed by atoms with Crippen molar-refractivity contribution >= 4 is 11.9 Å². The van der Waals surface area contributed by atoms with E-state index in [1.807, 2.05) is 0 Å². The minimum absolute atomic E-state index is 0.0299. The zero-order valence-electron chi connectivity index (χ0n) is 12.7. The van der Waals surface area contributed by atoms with Crippen LogP contribution >= 0.6 is 0 Å². The summed E-state index contributed by atoms with van der Waals surface area (Å²) in [5, 5.41) is 12.5. The van der Waals surface area contributed by atoms with E-state index in [0.717, 1.165) is 38.5 Å². The predicted octanol–water partition coefficient (Wildman–Crippen LogP) is 2.96. The Labute approximate surface area is 121 Å². The fourth-order valence-electron chi connectivity index (χ4n) is 3.89. The van der Waals surface area contributed by atoms with Crippen molar-refractivity contribution in [3.63, 3.8) is 0 Å². The molecule has 1 amide bonds. The van der Waals surface area contributed by atoms with Crippen LogP contribution in [0.1, 0.15) is 65.2 Å². The van der Waals surface area contributed by atoms with Gasteiger partial charge in [-0.05, 0) is 38.5 Å². The minimum atomic E-state index is -0.810. The number of carboxylic acids is 1. The number of amides is 1. The zero-order valence-corrected chi connectivity index (χ0v) is 12.7. The zero-order chi connectivity index (χ0) is 14.8. The molecule has 0 aliphatic heterocycles. The van der Waals surface area contributed by atoms with E-state index in [9.17, 15) is 14.7 Å². The van der Waals surface area contributed by atoms with Crippen molar-refractivity contribution in [3.8, 4) is 0 Å². The Balaban J connectivity index is 2.01. The molecule has 0 spiro atoms. The highest BCUT2D eigenvalue weighted by molar-refractivity contribution is 5.85. The first-order valence-corrected chi connectivity index (χ1v) is 8.00. The van der Waals surface area contributed by atoms with Gasteiger partial charge in [-0.2, -0.15) is 0 Å². The lowest BCUT2D eigenvalue weighted by molar-refractivity contribution is -0.146. The van der Waals surface area contributed by atoms with Crippen LogP contribution in [0.3, 0.4) is 0 Å². The summed E-state index contributed by atoms with van der Waals surface area (Å²) < 4.78 is 0. The fraction of sp³-hybridized carbons (Fsp3) is 0.875. The molecule has 0 aromatic carbocycles. The number of hydrogen-bond acceptors (Lipinski definition) is 2. The topological polar surface area (TPSA) is 66.4 Å². The van der Waals surface area contributed by atoms with E-state index in [0.29, 0.717) is 12.3 Å². The fourth-order valence-corrected chi connectivity index (χ4v) is 3.89. The number of carbonyl (C=O) groups excluding carboxylic acids is 1. The van der Waals surface area contributed by atoms with Crippen molar-refractivity contribution in [3.05, 3.63) is 0 Å². The van der Waals surface area contributed by atoms with E-state index < -0.39 is 11.9 Å². The molecule has 0 saturated heterocycles. The molecule has 0 radical (unpaired) electrons. The smallest absolute Gasteiger partial charge is 0.307 e. The van der Waals surface area contributed by atoms with Gasteiger partial charge in [-0.15, -0.1) is 0 Å². The highest BCUT2D eigenvalue weighted by Crippen LogP contribution is 2.39. The van der Waals surface area contributed by atoms with Crippen LogP contribution in [0.15, 0.2) is 0 Å². The molecule has 0 bridgehead atoms. The van der Waals surface area contributed by atoms with Gasteiger partial charge >= 0.3 is 5.97 Å². The van der Waals surface area contributed by atoms with Gasteiger partial charge in [0.25, 0.3) is 0 Å². The highest BCUT2D eigenvalue weighted by Gasteiger charge is 2.43. The van der Waals surface area contributed by atoms with Crippen molar-refractivity contribution in [1.29, 1.82) is 0 Å². The first-order chi connectivity index (χ1) is 9.45. The maximum absolute atomic E-state index is 12.5. The molecule has 0 heterocycles. The van der Waals surface area contributed by atoms with Crippen LogP contribution in [0.2, 0.25) is 0 Å². The highest BCUT2D eigenvalue weighted by atomic mass is 16.4. The van der Waals surface area contributed by atoms with Crippen LogP contribution in [0, 0.1) is 17.8 Å². The largest absolute Gasteiger partial charge is 0.481 e. The van der Waals surface area contributed by atoms with Gasteiger partial charge < -0.3 is 10.4 Å². The first kappa shape index (κ1) is 15.3. The summed E-state index contributed by atoms with van der Waals surface area (Å²) in [4.78, 5) is 23.9. The van der Waals surface area contributed by atoms with Gasteiger partial charge in [0.15, 0.2) is 0 Å². The summed E-state index contributed by atoms with van der Waals surface area (Å²) in [5.41, 5.74) is -0.122. The molecule has 0 aromatic heterocycles. The Morgan fingerprint density at radius 1 is 1.15 bits per heavy atom. The van der Waals surface area contributed by atoms with Crippen LogP contribution in [0.4, 0.5) is 0 Å². The van der Waals surface area contributed by atoms with Crippen molar-refractivity contribution in [2.45, 2.75) is 70.8 Å². The summed E-state index contributed by atoms with van der Waals surface area (Å²) in [6.07, 6.45) is 7.93. The lowest BCUT2D eigenvalue weighted by atomic mass is 9.82. The van der Waals surface area contributed by atoms with E-state index in [2.05, 4.69) is 19.2 Å². The molecule has 0 aromatic rings. The predicted molar refractivity (Wildman–Crippen MR) is 77.3 cm³/mol. The summed E-state index contributed by atoms with van der Waals surface area (Å²) in [6, 6.07) is 0. The van der Waals surface area contributed by atoms with Gasteiger partial charge in [0.05, 0.1) is 11.8 Å². The van der Waals surface area contributed by atoms with Crippen LogP contribution < -0.4 is 5.32 Å². The Morgan fingerprint density at radius 2 is 1.75 bits per heavy atom. The van der Waals surface area contributed by atoms with Gasteiger partial charge in [0, 0.05) is 5.54 Å². The maximum atomic E-state index is 12.5. The molecule has 2 saturated carbocycles. The Bertz CT molecular complexity index is 374. The monoisotopic (exact) mass is 281 g/mol. The van der Waals surface area contributed by atoms with Gasteiger partial charge in [0.2, 0.25) is 5.91 Å². The summed E-state index contributed by atoms with van der Waals surface area (Å²) in [7, 11) is 0. The number of nitrogens with one attached hydrogen (secondary N) is 1. The molecule has 2 fully saturated rings. The number of rotatable bonds is 4. The molecule has 2 aliphatic rings. The summed E-state index contributed by atoms with van der Waals surface area (Å²) in [6.45, 7) is 4.18. The van der Waals surface area contributed by atoms with Gasteiger partial charge in [-0.3, -0.25) is 9.59 Å². The molecule has 4 nitrogen and oxygen atoms in total. The molecule has 20 heavy (non-hydrogen) atoms. The van der Waals surface area contributed by atoms with Gasteiger partial charge in [-0.25, -0.2) is 0 Å². The number of aliphatic carboxylic acids is 1. The van der Waals surface area contributed by atoms with Crippen LogP contribution in [0.5, 0.6) is 0 Å². The van der Waals surface area contributed by atoms with E-state index in [1.165, 1.54) is 6.42 Å². The second-order valence-electron chi connectivity index (χ2n) is 6.91. The third kappa shape index (κ3) is 3.33. The number of carboxylic acid groups (broad SMARTS) is 1. The molecule has 2 N–H and O–H groups in total. The van der Waals surface area contributed by atoms with Gasteiger partial charge in [-0.1, -0.05) is 32.6 Å². The minimum Gasteiger partial charge on any atom is -0.481 e. The van der Waals surface area contributed by atoms with Crippen molar-refractivity contribution < 1.29 is 14.7 Å². The van der Waals surface area contributed by atoms with E-state index >= 15 is 0 Å². The molecule has 3 unspecified atom stereocenters. The van der Waals surface area contributed by atoms with E-state index in [4.69, 9.17) is 0 Å². The SMILES string of the molecule is CCC1CC(C(=O)O)C(C(=O)NC2(C)CCCCC2)C1. The normalized spacial score (nSPS) is 32.8. The van der Waals surface area contributed by atoms with Gasteiger partial charge in [0.1, 0.15) is 0 Å². The molecular weight excluding hydrogens is 254 g/mol. The standard InChI is InChI=1S/C16H27NO3/c1-3-11-9-12(13(10-11)15(19)20)14(18)17-16(2)7-5-4-6-8-16/h11-13H,3-10H2,1-2H3,(H,17,18)(H,19,20). The van der Waals surface area contributed by atoms with Crippen LogP contribution in [-0.4, -0.2) is 22.5 Å². The Hall–Kier alpha value is -1.06. The third-order valence-corrected chi connectivity index (χ3v) is 5.27. The lowest BCUT2D eigenvalue weighted by Crippen LogP contribution is -2.50. The van der Waals surface area contributed by atoms with E-state index in [-0.39, 0.29) is 17.4 Å². The molecule has 4 heteroatoms. The lowest BCUT2D eigenvalue weighted by Gasteiger charge is -2.35. The Morgan fingerprint density at radius 3 is 2.30 bits per heavy atom. The number of carbonyl (C=O) groups is 2. The summed E-state index contributed by atoms with van der Waals surface area (Å²) >= 11 is 0. The Kier molecular flexibility index (Phi) is 4.71. The number of hydrogen-bond donors (Lipinski definition) is 2. The molecule has 114 valence electrons. The van der Waals surface area contributed by atoms with Crippen LogP contribution in [-0.2, 0) is 9.59 Å². The van der Waals surface area contributed by atoms with Crippen LogP contribution in [0.25, 0.3) is 0 Å². The second kappa shape index (κ2) is 6.15. The van der Waals surface area contributed by atoms with E-state index in [1.54, 1.807) is 0 Å². The molecule has 3 atom stereocenters. The van der Waals surface area contributed by atoms with Crippen molar-refractivity contribution in [2.75, 3.05) is 0 Å². The average molecular weight is 281 g/mol. The third-order valence-electron chi connectivity index (χ3n) is 5.27. The molecular formula is C16H27NO3. The molecule has 2 aliphatic carbocycles. The quantitative estimate of drug-likeness (QED) is 0.832. The first-order valence-electron chi connectivity index (χ1n) is 8.00. The van der Waals surface area contributed by atoms with Crippen molar-refractivity contribution in [2.24, 2.45) is 17.8 Å². The molecule has 2 rings (SSSR count).